The summed E-state index contributed by atoms with van der Waals surface area (Å²) in [4.78, 5) is 25.1. The van der Waals surface area contributed by atoms with E-state index in [2.05, 4.69) is 35.4 Å². The third kappa shape index (κ3) is 4.94. The minimum atomic E-state index is -0.270. The Morgan fingerprint density at radius 1 is 1.07 bits per heavy atom. The molecule has 2 N–H and O–H groups in total. The van der Waals surface area contributed by atoms with Gasteiger partial charge in [0.2, 0.25) is 0 Å². The van der Waals surface area contributed by atoms with E-state index in [1.807, 2.05) is 30.3 Å². The number of allylic oxidation sites excluding steroid dienone is 4. The van der Waals surface area contributed by atoms with Crippen molar-refractivity contribution in [2.75, 3.05) is 5.32 Å². The van der Waals surface area contributed by atoms with E-state index in [4.69, 9.17) is 0 Å². The summed E-state index contributed by atoms with van der Waals surface area (Å²) >= 11 is 0. The van der Waals surface area contributed by atoms with Gasteiger partial charge in [0, 0.05) is 29.0 Å². The Labute approximate surface area is 160 Å². The number of para-hydroxylation sites is 1. The van der Waals surface area contributed by atoms with Gasteiger partial charge in [-0.2, -0.15) is 0 Å². The summed E-state index contributed by atoms with van der Waals surface area (Å²) in [6, 6.07) is 9.21. The number of benzene rings is 1. The Hall–Kier alpha value is -3.14. The molecule has 0 bridgehead atoms. The third-order valence-electron chi connectivity index (χ3n) is 4.70. The minimum absolute atomic E-state index is 0.254. The molecule has 138 valence electrons. The number of fused-ring (bicyclic) bond motifs is 1. The van der Waals surface area contributed by atoms with E-state index < -0.39 is 0 Å². The third-order valence-corrected chi connectivity index (χ3v) is 4.70. The molecule has 2 unspecified atom stereocenters. The van der Waals surface area contributed by atoms with E-state index in [1.54, 1.807) is 19.1 Å². The Morgan fingerprint density at radius 3 is 2.52 bits per heavy atom. The topological polar surface area (TPSA) is 58.2 Å². The quantitative estimate of drug-likeness (QED) is 0.452. The summed E-state index contributed by atoms with van der Waals surface area (Å²) in [5.41, 5.74) is 2.37. The van der Waals surface area contributed by atoms with Crippen LogP contribution in [0.3, 0.4) is 0 Å². The molecule has 1 fully saturated rings. The fraction of sp³-hybridized carbons (Fsp3) is 0.217. The molecule has 2 amide bonds. The summed E-state index contributed by atoms with van der Waals surface area (Å²) in [6.07, 6.45) is 13.0. The molecule has 2 atom stereocenters. The molecule has 1 aromatic rings. The van der Waals surface area contributed by atoms with E-state index in [9.17, 15) is 9.59 Å². The summed E-state index contributed by atoms with van der Waals surface area (Å²) in [5, 5.41) is 5.78. The molecule has 27 heavy (non-hydrogen) atoms. The van der Waals surface area contributed by atoms with Crippen LogP contribution in [-0.2, 0) is 9.59 Å². The van der Waals surface area contributed by atoms with E-state index in [0.717, 1.165) is 12.1 Å². The standard InChI is InChI=1S/C23H24N2O2/c1-3-16(22(26)24-20-10-6-5-7-11-20)13-17(4-2)23(27)25-21-12-8-9-18-14-19(18)15-21/h3-11,13,15,18-19H,2,12,14H2,1H3,(H,24,26)(H,25,27)/b16-3+,17-13+. The lowest BCUT2D eigenvalue weighted by molar-refractivity contribution is -0.116. The van der Waals surface area contributed by atoms with Crippen molar-refractivity contribution >= 4 is 17.5 Å². The van der Waals surface area contributed by atoms with Crippen LogP contribution in [0.4, 0.5) is 5.69 Å². The van der Waals surface area contributed by atoms with Crippen molar-refractivity contribution in [2.24, 2.45) is 11.8 Å². The molecule has 0 saturated heterocycles. The number of rotatable bonds is 6. The van der Waals surface area contributed by atoms with Crippen LogP contribution in [0, 0.1) is 11.8 Å². The second-order valence-corrected chi connectivity index (χ2v) is 6.71. The molecular formula is C23H24N2O2. The summed E-state index contributed by atoms with van der Waals surface area (Å²) in [5.74, 6) is 0.645. The van der Waals surface area contributed by atoms with Crippen LogP contribution < -0.4 is 10.6 Å². The van der Waals surface area contributed by atoms with Crippen molar-refractivity contribution in [2.45, 2.75) is 19.8 Å². The van der Waals surface area contributed by atoms with Crippen LogP contribution in [0.1, 0.15) is 19.8 Å². The van der Waals surface area contributed by atoms with Crippen LogP contribution in [-0.4, -0.2) is 11.8 Å². The average molecular weight is 360 g/mol. The zero-order valence-electron chi connectivity index (χ0n) is 15.4. The highest BCUT2D eigenvalue weighted by atomic mass is 16.2. The first-order valence-corrected chi connectivity index (χ1v) is 9.16. The van der Waals surface area contributed by atoms with E-state index in [1.165, 1.54) is 6.08 Å². The summed E-state index contributed by atoms with van der Waals surface area (Å²) in [6.45, 7) is 5.49. The van der Waals surface area contributed by atoms with Crippen molar-refractivity contribution < 1.29 is 9.59 Å². The lowest BCUT2D eigenvalue weighted by atomic mass is 10.1. The van der Waals surface area contributed by atoms with E-state index >= 15 is 0 Å². The molecule has 2 aliphatic rings. The minimum Gasteiger partial charge on any atom is -0.326 e. The highest BCUT2D eigenvalue weighted by molar-refractivity contribution is 6.08. The smallest absolute Gasteiger partial charge is 0.255 e. The number of amides is 2. The van der Waals surface area contributed by atoms with Crippen molar-refractivity contribution in [1.29, 1.82) is 0 Å². The molecule has 2 aliphatic carbocycles. The van der Waals surface area contributed by atoms with Crippen molar-refractivity contribution in [1.82, 2.24) is 5.32 Å². The number of anilines is 1. The maximum atomic E-state index is 12.6. The highest BCUT2D eigenvalue weighted by Gasteiger charge is 2.34. The maximum absolute atomic E-state index is 12.6. The summed E-state index contributed by atoms with van der Waals surface area (Å²) in [7, 11) is 0. The summed E-state index contributed by atoms with van der Waals surface area (Å²) < 4.78 is 0. The zero-order valence-corrected chi connectivity index (χ0v) is 15.4. The molecule has 4 nitrogen and oxygen atoms in total. The van der Waals surface area contributed by atoms with Crippen LogP contribution in [0.15, 0.2) is 90.2 Å². The largest absolute Gasteiger partial charge is 0.326 e. The normalized spacial score (nSPS) is 21.4. The van der Waals surface area contributed by atoms with Gasteiger partial charge in [0.25, 0.3) is 11.8 Å². The Morgan fingerprint density at radius 2 is 1.81 bits per heavy atom. The van der Waals surface area contributed by atoms with Crippen molar-refractivity contribution in [3.63, 3.8) is 0 Å². The van der Waals surface area contributed by atoms with Crippen LogP contribution in [0.2, 0.25) is 0 Å². The van der Waals surface area contributed by atoms with Crippen LogP contribution in [0.25, 0.3) is 0 Å². The first kappa shape index (κ1) is 18.6. The first-order chi connectivity index (χ1) is 13.1. The van der Waals surface area contributed by atoms with Gasteiger partial charge >= 0.3 is 0 Å². The Kier molecular flexibility index (Phi) is 5.87. The average Bonchev–Trinajstić information content (AvgIpc) is 3.42. The van der Waals surface area contributed by atoms with Crippen molar-refractivity contribution in [3.8, 4) is 0 Å². The molecule has 0 radical (unpaired) electrons. The molecule has 4 heteroatoms. The first-order valence-electron chi connectivity index (χ1n) is 9.16. The number of carbonyl (C=O) groups excluding carboxylic acids is 2. The van der Waals surface area contributed by atoms with Crippen LogP contribution >= 0.6 is 0 Å². The molecule has 0 aromatic heterocycles. The molecule has 0 heterocycles. The zero-order chi connectivity index (χ0) is 19.2. The van der Waals surface area contributed by atoms with E-state index in [0.29, 0.717) is 35.1 Å². The van der Waals surface area contributed by atoms with Gasteiger partial charge in [-0.05, 0) is 43.4 Å². The fourth-order valence-electron chi connectivity index (χ4n) is 3.04. The maximum Gasteiger partial charge on any atom is 0.255 e. The number of carbonyl (C=O) groups is 2. The molecule has 0 aliphatic heterocycles. The molecule has 1 saturated carbocycles. The number of hydrogen-bond donors (Lipinski definition) is 2. The number of hydrogen-bond acceptors (Lipinski definition) is 2. The van der Waals surface area contributed by atoms with Gasteiger partial charge in [-0.1, -0.05) is 55.2 Å². The highest BCUT2D eigenvalue weighted by Crippen LogP contribution is 2.43. The Bertz CT molecular complexity index is 860. The Balaban J connectivity index is 1.69. The van der Waals surface area contributed by atoms with Gasteiger partial charge < -0.3 is 10.6 Å². The molecule has 3 rings (SSSR count). The van der Waals surface area contributed by atoms with Gasteiger partial charge in [0.15, 0.2) is 0 Å². The van der Waals surface area contributed by atoms with Gasteiger partial charge in [-0.25, -0.2) is 0 Å². The predicted molar refractivity (Wildman–Crippen MR) is 109 cm³/mol. The second kappa shape index (κ2) is 8.49. The van der Waals surface area contributed by atoms with Crippen molar-refractivity contribution in [3.05, 3.63) is 90.2 Å². The second-order valence-electron chi connectivity index (χ2n) is 6.71. The lowest BCUT2D eigenvalue weighted by Crippen LogP contribution is -2.24. The van der Waals surface area contributed by atoms with Gasteiger partial charge in [-0.3, -0.25) is 9.59 Å². The van der Waals surface area contributed by atoms with Gasteiger partial charge in [0.1, 0.15) is 0 Å². The van der Waals surface area contributed by atoms with E-state index in [-0.39, 0.29) is 11.8 Å². The molecule has 1 aromatic carbocycles. The SMILES string of the molecule is C=C/C(=C\C(=C/C)C(=O)Nc1ccccc1)C(=O)NC1=CC2CC2C=CC1. The monoisotopic (exact) mass is 360 g/mol. The van der Waals surface area contributed by atoms with Crippen LogP contribution in [0.5, 0.6) is 0 Å². The van der Waals surface area contributed by atoms with Gasteiger partial charge in [-0.15, -0.1) is 0 Å². The fourth-order valence-corrected chi connectivity index (χ4v) is 3.04. The molecule has 0 spiro atoms. The number of nitrogens with one attached hydrogen (secondary N) is 2. The predicted octanol–water partition coefficient (Wildman–Crippen LogP) is 4.28. The van der Waals surface area contributed by atoms with Gasteiger partial charge in [0.05, 0.1) is 0 Å². The lowest BCUT2D eigenvalue weighted by Gasteiger charge is -2.10. The molecular weight excluding hydrogens is 336 g/mol.